The summed E-state index contributed by atoms with van der Waals surface area (Å²) in [4.78, 5) is 21.3. The Morgan fingerprint density at radius 2 is 2.09 bits per heavy atom. The molecule has 1 amide bonds. The number of amides is 1. The molecule has 6 heteroatoms. The summed E-state index contributed by atoms with van der Waals surface area (Å²) in [7, 11) is 0. The van der Waals surface area contributed by atoms with Crippen molar-refractivity contribution in [2.24, 2.45) is 5.16 Å². The molecule has 1 N–H and O–H groups in total. The van der Waals surface area contributed by atoms with Crippen molar-refractivity contribution in [3.63, 3.8) is 0 Å². The van der Waals surface area contributed by atoms with E-state index in [9.17, 15) is 9.18 Å². The third kappa shape index (κ3) is 3.28. The van der Waals surface area contributed by atoms with Gasteiger partial charge in [0.25, 0.3) is 5.91 Å². The minimum atomic E-state index is -0.663. The van der Waals surface area contributed by atoms with Gasteiger partial charge in [0.05, 0.1) is 18.0 Å². The second kappa shape index (κ2) is 6.34. The number of halogens is 1. The topological polar surface area (TPSA) is 63.6 Å². The molecular formula is C16H14FN3O2. The highest BCUT2D eigenvalue weighted by molar-refractivity contribution is 6.04. The monoisotopic (exact) mass is 299 g/mol. The molecule has 0 aliphatic carbocycles. The lowest BCUT2D eigenvalue weighted by Crippen LogP contribution is -2.34. The first-order chi connectivity index (χ1) is 10.7. The summed E-state index contributed by atoms with van der Waals surface area (Å²) in [6, 6.07) is 11.4. The van der Waals surface area contributed by atoms with Crippen molar-refractivity contribution in [1.29, 1.82) is 0 Å². The Balaban J connectivity index is 1.55. The van der Waals surface area contributed by atoms with Gasteiger partial charge >= 0.3 is 0 Å². The number of carbonyl (C=O) groups excluding carboxylic acids is 1. The van der Waals surface area contributed by atoms with Crippen molar-refractivity contribution in [2.45, 2.75) is 19.1 Å². The molecule has 1 atom stereocenters. The van der Waals surface area contributed by atoms with Crippen LogP contribution in [-0.2, 0) is 16.2 Å². The maximum Gasteiger partial charge on any atom is 0.264 e. The van der Waals surface area contributed by atoms with Crippen molar-refractivity contribution in [1.82, 2.24) is 10.3 Å². The minimum Gasteiger partial charge on any atom is -0.382 e. The van der Waals surface area contributed by atoms with E-state index in [0.29, 0.717) is 18.7 Å². The lowest BCUT2D eigenvalue weighted by Gasteiger charge is -2.09. The molecule has 0 saturated heterocycles. The van der Waals surface area contributed by atoms with Crippen LogP contribution in [0.3, 0.4) is 0 Å². The Kier molecular flexibility index (Phi) is 4.09. The zero-order valence-electron chi connectivity index (χ0n) is 11.7. The number of pyridine rings is 1. The van der Waals surface area contributed by atoms with E-state index < -0.39 is 6.10 Å². The fourth-order valence-corrected chi connectivity index (χ4v) is 2.12. The molecule has 0 fully saturated rings. The van der Waals surface area contributed by atoms with Crippen LogP contribution in [0.5, 0.6) is 0 Å². The van der Waals surface area contributed by atoms with E-state index in [1.165, 1.54) is 12.1 Å². The summed E-state index contributed by atoms with van der Waals surface area (Å²) in [6.45, 7) is 0.339. The Labute approximate surface area is 126 Å². The van der Waals surface area contributed by atoms with Gasteiger partial charge in [-0.05, 0) is 29.8 Å². The number of oxime groups is 1. The number of aromatic nitrogens is 1. The van der Waals surface area contributed by atoms with Crippen LogP contribution in [0, 0.1) is 5.82 Å². The van der Waals surface area contributed by atoms with Crippen molar-refractivity contribution in [3.05, 3.63) is 65.7 Å². The number of nitrogens with zero attached hydrogens (tertiary/aromatic N) is 2. The second-order valence-electron chi connectivity index (χ2n) is 4.88. The van der Waals surface area contributed by atoms with Crippen molar-refractivity contribution >= 4 is 11.6 Å². The highest BCUT2D eigenvalue weighted by Crippen LogP contribution is 2.17. The van der Waals surface area contributed by atoms with Crippen molar-refractivity contribution in [3.8, 4) is 0 Å². The van der Waals surface area contributed by atoms with Crippen LogP contribution in [0.4, 0.5) is 4.39 Å². The summed E-state index contributed by atoms with van der Waals surface area (Å²) in [5.41, 5.74) is 2.16. The molecule has 1 aromatic heterocycles. The Morgan fingerprint density at radius 3 is 2.82 bits per heavy atom. The molecule has 2 aromatic rings. The number of hydrogen-bond donors (Lipinski definition) is 1. The van der Waals surface area contributed by atoms with Gasteiger partial charge in [-0.15, -0.1) is 0 Å². The third-order valence-electron chi connectivity index (χ3n) is 3.31. The fourth-order valence-electron chi connectivity index (χ4n) is 2.12. The second-order valence-corrected chi connectivity index (χ2v) is 4.88. The molecule has 2 heterocycles. The lowest BCUT2D eigenvalue weighted by atomic mass is 10.0. The number of nitrogens with one attached hydrogen (secondary N) is 1. The highest BCUT2D eigenvalue weighted by Gasteiger charge is 2.28. The van der Waals surface area contributed by atoms with E-state index in [0.717, 1.165) is 11.3 Å². The van der Waals surface area contributed by atoms with Crippen LogP contribution in [0.15, 0.2) is 53.8 Å². The molecule has 1 aliphatic heterocycles. The summed E-state index contributed by atoms with van der Waals surface area (Å²) in [6.07, 6.45) is 1.37. The molecule has 0 unspecified atom stereocenters. The van der Waals surface area contributed by atoms with Gasteiger partial charge < -0.3 is 10.2 Å². The zero-order valence-corrected chi connectivity index (χ0v) is 11.7. The van der Waals surface area contributed by atoms with Gasteiger partial charge in [0.2, 0.25) is 6.10 Å². The quantitative estimate of drug-likeness (QED) is 0.939. The minimum absolute atomic E-state index is 0.244. The van der Waals surface area contributed by atoms with E-state index in [4.69, 9.17) is 4.84 Å². The van der Waals surface area contributed by atoms with Crippen molar-refractivity contribution < 1.29 is 14.0 Å². The normalized spacial score (nSPS) is 16.8. The van der Waals surface area contributed by atoms with Crippen LogP contribution in [0.2, 0.25) is 0 Å². The largest absolute Gasteiger partial charge is 0.382 e. The predicted molar refractivity (Wildman–Crippen MR) is 78.5 cm³/mol. The first kappa shape index (κ1) is 14.2. The van der Waals surface area contributed by atoms with Gasteiger partial charge in [0.15, 0.2) is 0 Å². The van der Waals surface area contributed by atoms with Crippen LogP contribution in [0.1, 0.15) is 17.7 Å². The summed E-state index contributed by atoms with van der Waals surface area (Å²) in [5, 5.41) is 6.67. The summed E-state index contributed by atoms with van der Waals surface area (Å²) >= 11 is 0. The van der Waals surface area contributed by atoms with Gasteiger partial charge in [-0.3, -0.25) is 9.78 Å². The van der Waals surface area contributed by atoms with Crippen LogP contribution in [-0.4, -0.2) is 22.7 Å². The molecule has 0 spiro atoms. The van der Waals surface area contributed by atoms with Gasteiger partial charge in [0.1, 0.15) is 5.82 Å². The molecular weight excluding hydrogens is 285 g/mol. The Hall–Kier alpha value is -2.76. The van der Waals surface area contributed by atoms with Crippen LogP contribution < -0.4 is 5.32 Å². The standard InChI is InChI=1S/C16H14FN3O2/c17-12-6-4-11(5-7-12)14-9-15(22-20-14)16(21)19-10-13-3-1-2-8-18-13/h1-8,15H,9-10H2,(H,19,21)/t15-/m1/s1. The van der Waals surface area contributed by atoms with Gasteiger partial charge in [0, 0.05) is 12.6 Å². The van der Waals surface area contributed by atoms with Gasteiger partial charge in [-0.25, -0.2) is 4.39 Å². The first-order valence-corrected chi connectivity index (χ1v) is 6.88. The lowest BCUT2D eigenvalue weighted by molar-refractivity contribution is -0.131. The van der Waals surface area contributed by atoms with Crippen LogP contribution >= 0.6 is 0 Å². The number of hydrogen-bond acceptors (Lipinski definition) is 4. The molecule has 1 aliphatic rings. The Bertz CT molecular complexity index is 686. The fraction of sp³-hybridized carbons (Fsp3) is 0.188. The molecule has 112 valence electrons. The predicted octanol–water partition coefficient (Wildman–Crippen LogP) is 2.03. The average molecular weight is 299 g/mol. The summed E-state index contributed by atoms with van der Waals surface area (Å²) < 4.78 is 12.9. The van der Waals surface area contributed by atoms with Crippen molar-refractivity contribution in [2.75, 3.05) is 0 Å². The zero-order chi connectivity index (χ0) is 15.4. The number of rotatable bonds is 4. The molecule has 0 saturated carbocycles. The molecule has 3 rings (SSSR count). The smallest absolute Gasteiger partial charge is 0.264 e. The van der Waals surface area contributed by atoms with E-state index >= 15 is 0 Å². The number of carbonyl (C=O) groups is 1. The molecule has 22 heavy (non-hydrogen) atoms. The molecule has 1 aromatic carbocycles. The average Bonchev–Trinajstić information content (AvgIpc) is 3.04. The Morgan fingerprint density at radius 1 is 1.27 bits per heavy atom. The number of benzene rings is 1. The summed E-state index contributed by atoms with van der Waals surface area (Å²) in [5.74, 6) is -0.556. The maximum absolute atomic E-state index is 12.9. The van der Waals surface area contributed by atoms with Gasteiger partial charge in [-0.1, -0.05) is 23.4 Å². The molecule has 0 bridgehead atoms. The highest BCUT2D eigenvalue weighted by atomic mass is 19.1. The first-order valence-electron chi connectivity index (χ1n) is 6.88. The van der Waals surface area contributed by atoms with E-state index in [1.54, 1.807) is 18.3 Å². The van der Waals surface area contributed by atoms with E-state index in [1.807, 2.05) is 18.2 Å². The van der Waals surface area contributed by atoms with E-state index in [2.05, 4.69) is 15.5 Å². The van der Waals surface area contributed by atoms with Gasteiger partial charge in [-0.2, -0.15) is 0 Å². The third-order valence-corrected chi connectivity index (χ3v) is 3.31. The van der Waals surface area contributed by atoms with E-state index in [-0.39, 0.29) is 11.7 Å². The maximum atomic E-state index is 12.9. The van der Waals surface area contributed by atoms with Crippen LogP contribution in [0.25, 0.3) is 0 Å². The molecule has 0 radical (unpaired) electrons. The molecule has 5 nitrogen and oxygen atoms in total. The SMILES string of the molecule is O=C(NCc1ccccn1)[C@H]1CC(c2ccc(F)cc2)=NO1.